The summed E-state index contributed by atoms with van der Waals surface area (Å²) in [5.41, 5.74) is 0. The van der Waals surface area contributed by atoms with Gasteiger partial charge in [0.05, 0.1) is 0 Å². The summed E-state index contributed by atoms with van der Waals surface area (Å²) < 4.78 is 0. The van der Waals surface area contributed by atoms with Gasteiger partial charge in [-0.3, -0.25) is 0 Å². The lowest BCUT2D eigenvalue weighted by atomic mass is 10.4. The van der Waals surface area contributed by atoms with Crippen molar-refractivity contribution in [2.45, 2.75) is 37.0 Å². The van der Waals surface area contributed by atoms with Gasteiger partial charge in [-0.15, -0.1) is 11.6 Å². The first-order valence-corrected chi connectivity index (χ1v) is 7.09. The van der Waals surface area contributed by atoms with Crippen LogP contribution in [0, 0.1) is 0 Å². The summed E-state index contributed by atoms with van der Waals surface area (Å²) in [5.74, 6) is 0. The first-order valence-electron chi connectivity index (χ1n) is 3.24. The van der Waals surface area contributed by atoms with Crippen LogP contribution in [0.5, 0.6) is 0 Å². The van der Waals surface area contributed by atoms with Crippen LogP contribution in [0.2, 0.25) is 25.2 Å². The third kappa shape index (κ3) is 1.49. The number of alkyl halides is 1. The van der Waals surface area contributed by atoms with E-state index in [2.05, 4.69) is 13.1 Å². The maximum absolute atomic E-state index is 5.93. The zero-order chi connectivity index (χ0) is 6.20. The lowest BCUT2D eigenvalue weighted by molar-refractivity contribution is 0.944. The van der Waals surface area contributed by atoms with Gasteiger partial charge in [0.2, 0.25) is 0 Å². The number of hydrogen-bond donors (Lipinski definition) is 0. The van der Waals surface area contributed by atoms with Crippen LogP contribution in [-0.4, -0.2) is 13.5 Å². The average molecular weight is 149 g/mol. The quantitative estimate of drug-likeness (QED) is 0.366. The van der Waals surface area contributed by atoms with Gasteiger partial charge in [-0.1, -0.05) is 19.1 Å². The molecule has 2 heteroatoms. The molecule has 0 aromatic heterocycles. The highest BCUT2D eigenvalue weighted by molar-refractivity contribution is 6.79. The minimum Gasteiger partial charge on any atom is -0.123 e. The van der Waals surface area contributed by atoms with Crippen molar-refractivity contribution in [3.8, 4) is 0 Å². The van der Waals surface area contributed by atoms with Gasteiger partial charge < -0.3 is 0 Å². The molecule has 0 saturated carbocycles. The maximum atomic E-state index is 5.93. The molecule has 8 heavy (non-hydrogen) atoms. The van der Waals surface area contributed by atoms with Crippen molar-refractivity contribution < 1.29 is 0 Å². The van der Waals surface area contributed by atoms with Crippen molar-refractivity contribution in [1.82, 2.24) is 0 Å². The van der Waals surface area contributed by atoms with Crippen molar-refractivity contribution >= 4 is 19.7 Å². The Balaban J connectivity index is 2.44. The van der Waals surface area contributed by atoms with Crippen LogP contribution in [0.4, 0.5) is 0 Å². The Kier molecular flexibility index (Phi) is 1.68. The van der Waals surface area contributed by atoms with E-state index in [9.17, 15) is 0 Å². The van der Waals surface area contributed by atoms with E-state index in [1.165, 1.54) is 18.5 Å². The normalized spacial score (nSPS) is 35.6. The SMILES string of the molecule is C[Si]1(C)CC[C@H](Cl)C1. The minimum absolute atomic E-state index is 0.525. The second-order valence-corrected chi connectivity index (χ2v) is 9.36. The molecule has 48 valence electrons. The third-order valence-electron chi connectivity index (χ3n) is 1.91. The molecule has 0 N–H and O–H groups in total. The Morgan fingerprint density at radius 2 is 2.12 bits per heavy atom. The monoisotopic (exact) mass is 148 g/mol. The Hall–Kier alpha value is 0.507. The molecule has 1 atom stereocenters. The standard InChI is InChI=1S/C6H13ClSi/c1-8(2)4-3-6(7)5-8/h6H,3-5H2,1-2H3/t6-/m0/s1. The lowest BCUT2D eigenvalue weighted by Gasteiger charge is -2.11. The Morgan fingerprint density at radius 3 is 2.25 bits per heavy atom. The van der Waals surface area contributed by atoms with E-state index < -0.39 is 8.07 Å². The van der Waals surface area contributed by atoms with Gasteiger partial charge in [-0.25, -0.2) is 0 Å². The van der Waals surface area contributed by atoms with Crippen LogP contribution in [0.1, 0.15) is 6.42 Å². The molecule has 0 aromatic rings. The Bertz CT molecular complexity index is 90.5. The fraction of sp³-hybridized carbons (Fsp3) is 1.00. The zero-order valence-electron chi connectivity index (χ0n) is 5.58. The van der Waals surface area contributed by atoms with Crippen LogP contribution < -0.4 is 0 Å². The Labute approximate surface area is 57.2 Å². The van der Waals surface area contributed by atoms with E-state index in [0.29, 0.717) is 5.38 Å². The minimum atomic E-state index is -0.735. The van der Waals surface area contributed by atoms with Crippen molar-refractivity contribution in [2.75, 3.05) is 0 Å². The highest BCUT2D eigenvalue weighted by atomic mass is 35.5. The molecule has 0 nitrogen and oxygen atoms in total. The topological polar surface area (TPSA) is 0 Å². The smallest absolute Gasteiger partial charge is 0.0488 e. The van der Waals surface area contributed by atoms with Crippen molar-refractivity contribution in [3.63, 3.8) is 0 Å². The number of rotatable bonds is 0. The van der Waals surface area contributed by atoms with Crippen LogP contribution in [0.15, 0.2) is 0 Å². The van der Waals surface area contributed by atoms with E-state index in [4.69, 9.17) is 11.6 Å². The van der Waals surface area contributed by atoms with Gasteiger partial charge in [0.25, 0.3) is 0 Å². The van der Waals surface area contributed by atoms with Crippen molar-refractivity contribution in [3.05, 3.63) is 0 Å². The molecule has 1 aliphatic heterocycles. The first-order chi connectivity index (χ1) is 3.60. The van der Waals surface area contributed by atoms with Gasteiger partial charge in [0.1, 0.15) is 0 Å². The molecule has 1 heterocycles. The molecule has 0 unspecified atom stereocenters. The van der Waals surface area contributed by atoms with Crippen molar-refractivity contribution in [1.29, 1.82) is 0 Å². The van der Waals surface area contributed by atoms with E-state index in [1.807, 2.05) is 0 Å². The summed E-state index contributed by atoms with van der Waals surface area (Å²) in [5, 5.41) is 0.525. The summed E-state index contributed by atoms with van der Waals surface area (Å²) in [4.78, 5) is 0. The zero-order valence-corrected chi connectivity index (χ0v) is 7.33. The first kappa shape index (κ1) is 6.62. The predicted molar refractivity (Wildman–Crippen MR) is 41.4 cm³/mol. The van der Waals surface area contributed by atoms with E-state index >= 15 is 0 Å². The largest absolute Gasteiger partial charge is 0.123 e. The number of hydrogen-bond acceptors (Lipinski definition) is 0. The summed E-state index contributed by atoms with van der Waals surface area (Å²) in [7, 11) is -0.735. The fourth-order valence-corrected chi connectivity index (χ4v) is 5.63. The molecule has 1 rings (SSSR count). The van der Waals surface area contributed by atoms with E-state index in [-0.39, 0.29) is 0 Å². The van der Waals surface area contributed by atoms with Gasteiger partial charge >= 0.3 is 0 Å². The summed E-state index contributed by atoms with van der Waals surface area (Å²) >= 11 is 5.93. The average Bonchev–Trinajstić information content (AvgIpc) is 1.82. The molecule has 0 bridgehead atoms. The van der Waals surface area contributed by atoms with Crippen LogP contribution in [0.3, 0.4) is 0 Å². The molecule has 0 aromatic carbocycles. The molecule has 0 amide bonds. The van der Waals surface area contributed by atoms with E-state index in [1.54, 1.807) is 0 Å². The molecular formula is C6H13ClSi. The molecule has 1 fully saturated rings. The predicted octanol–water partition coefficient (Wildman–Crippen LogP) is 2.71. The molecule has 0 radical (unpaired) electrons. The van der Waals surface area contributed by atoms with Gasteiger partial charge in [0, 0.05) is 13.5 Å². The molecular weight excluding hydrogens is 136 g/mol. The second-order valence-electron chi connectivity index (χ2n) is 3.50. The van der Waals surface area contributed by atoms with E-state index in [0.717, 1.165) is 0 Å². The van der Waals surface area contributed by atoms with Gasteiger partial charge in [-0.05, 0) is 12.5 Å². The van der Waals surface area contributed by atoms with Crippen molar-refractivity contribution in [2.24, 2.45) is 0 Å². The second kappa shape index (κ2) is 2.03. The van der Waals surface area contributed by atoms with Gasteiger partial charge in [0.15, 0.2) is 0 Å². The number of halogens is 1. The molecule has 0 spiro atoms. The Morgan fingerprint density at radius 1 is 1.50 bits per heavy atom. The highest BCUT2D eigenvalue weighted by Gasteiger charge is 2.30. The lowest BCUT2D eigenvalue weighted by Crippen LogP contribution is -2.19. The van der Waals surface area contributed by atoms with Crippen LogP contribution in [-0.2, 0) is 0 Å². The van der Waals surface area contributed by atoms with Gasteiger partial charge in [-0.2, -0.15) is 0 Å². The van der Waals surface area contributed by atoms with Crippen LogP contribution >= 0.6 is 11.6 Å². The fourth-order valence-electron chi connectivity index (χ4n) is 1.35. The van der Waals surface area contributed by atoms with Crippen LogP contribution in [0.25, 0.3) is 0 Å². The molecule has 0 aliphatic carbocycles. The summed E-state index contributed by atoms with van der Waals surface area (Å²) in [6.07, 6.45) is 1.28. The molecule has 1 aliphatic rings. The summed E-state index contributed by atoms with van der Waals surface area (Å²) in [6, 6.07) is 2.79. The maximum Gasteiger partial charge on any atom is 0.0488 e. The third-order valence-corrected chi connectivity index (χ3v) is 5.78. The summed E-state index contributed by atoms with van der Waals surface area (Å²) in [6.45, 7) is 4.85. The highest BCUT2D eigenvalue weighted by Crippen LogP contribution is 2.32. The molecule has 1 saturated heterocycles.